The average Bonchev–Trinajstić information content (AvgIpc) is 3.22. The number of fused-ring (bicyclic) bond motifs is 2. The molecule has 2 saturated heterocycles. The molecule has 0 aliphatic carbocycles. The van der Waals surface area contributed by atoms with Crippen molar-refractivity contribution in [3.05, 3.63) is 41.4 Å². The number of aromatic amines is 1. The number of H-pyrrole nitrogens is 1. The van der Waals surface area contributed by atoms with Gasteiger partial charge in [0.15, 0.2) is 0 Å². The number of aryl methyl sites for hydroxylation is 2. The number of aromatic nitrogens is 1. The Labute approximate surface area is 163 Å². The van der Waals surface area contributed by atoms with Crippen molar-refractivity contribution in [1.82, 2.24) is 9.88 Å². The van der Waals surface area contributed by atoms with Crippen LogP contribution in [-0.4, -0.2) is 47.4 Å². The predicted molar refractivity (Wildman–Crippen MR) is 107 cm³/mol. The van der Waals surface area contributed by atoms with E-state index in [1.807, 2.05) is 23.6 Å². The fraction of sp³-hybridized carbons (Fsp3) is 0.429. The fourth-order valence-electron chi connectivity index (χ4n) is 4.86. The molecule has 28 heavy (non-hydrogen) atoms. The molecule has 4 rings (SSSR count). The third-order valence-electron chi connectivity index (χ3n) is 6.32. The van der Waals surface area contributed by atoms with E-state index in [-0.39, 0.29) is 17.5 Å². The van der Waals surface area contributed by atoms with E-state index in [4.69, 9.17) is 5.73 Å². The van der Waals surface area contributed by atoms with Crippen molar-refractivity contribution in [2.45, 2.75) is 32.7 Å². The fourth-order valence-corrected chi connectivity index (χ4v) is 4.86. The molecule has 3 heterocycles. The molecule has 148 valence electrons. The summed E-state index contributed by atoms with van der Waals surface area (Å²) in [5.74, 6) is -0.888. The number of amides is 2. The smallest absolute Gasteiger partial charge is 0.250 e. The quantitative estimate of drug-likeness (QED) is 0.798. The molecule has 2 aliphatic rings. The normalized spacial score (nSPS) is 21.8. The Morgan fingerprint density at radius 1 is 1.36 bits per heavy atom. The number of carbonyl (C=O) groups excluding carboxylic acids is 2. The second-order valence-electron chi connectivity index (χ2n) is 7.85. The molecule has 2 unspecified atom stereocenters. The minimum atomic E-state index is -0.658. The molecule has 2 aromatic rings. The summed E-state index contributed by atoms with van der Waals surface area (Å²) >= 11 is 0. The Morgan fingerprint density at radius 3 is 2.79 bits per heavy atom. The van der Waals surface area contributed by atoms with Gasteiger partial charge in [-0.2, -0.15) is 0 Å². The number of rotatable bonds is 3. The molecule has 0 radical (unpaired) electrons. The lowest BCUT2D eigenvalue weighted by atomic mass is 9.92. The van der Waals surface area contributed by atoms with Crippen molar-refractivity contribution in [2.75, 3.05) is 24.5 Å². The van der Waals surface area contributed by atoms with Crippen molar-refractivity contribution >= 4 is 28.4 Å². The predicted octanol–water partition coefficient (Wildman–Crippen LogP) is 2.64. The highest BCUT2D eigenvalue weighted by atomic mass is 19.1. The van der Waals surface area contributed by atoms with Crippen molar-refractivity contribution in [2.24, 2.45) is 11.7 Å². The van der Waals surface area contributed by atoms with E-state index in [9.17, 15) is 9.59 Å². The number of hydrogen-bond acceptors (Lipinski definition) is 3. The molecule has 0 bridgehead atoms. The highest BCUT2D eigenvalue weighted by Gasteiger charge is 2.41. The topological polar surface area (TPSA) is 82.4 Å². The number of carbonyl (C=O) groups is 2. The first kappa shape index (κ1) is 18.5. The van der Waals surface area contributed by atoms with Crippen LogP contribution in [0.5, 0.6) is 0 Å². The maximum atomic E-state index is 15.2. The molecule has 6 nitrogen and oxygen atoms in total. The van der Waals surface area contributed by atoms with Crippen LogP contribution in [0.25, 0.3) is 10.9 Å². The van der Waals surface area contributed by atoms with Gasteiger partial charge < -0.3 is 20.5 Å². The Hall–Kier alpha value is -2.83. The first-order valence-electron chi connectivity index (χ1n) is 9.62. The van der Waals surface area contributed by atoms with Crippen LogP contribution >= 0.6 is 0 Å². The van der Waals surface area contributed by atoms with E-state index in [1.165, 1.54) is 12.1 Å². The van der Waals surface area contributed by atoms with E-state index in [1.54, 1.807) is 0 Å². The van der Waals surface area contributed by atoms with Crippen molar-refractivity contribution in [3.63, 3.8) is 0 Å². The summed E-state index contributed by atoms with van der Waals surface area (Å²) in [5, 5.41) is 0.701. The number of nitrogens with one attached hydrogen (secondary N) is 1. The van der Waals surface area contributed by atoms with Gasteiger partial charge >= 0.3 is 0 Å². The molecule has 2 atom stereocenters. The molecule has 1 aromatic heterocycles. The van der Waals surface area contributed by atoms with Crippen molar-refractivity contribution < 1.29 is 14.0 Å². The first-order chi connectivity index (χ1) is 13.3. The Kier molecular flexibility index (Phi) is 4.40. The number of nitrogens with zero attached hydrogens (tertiary/aromatic N) is 2. The lowest BCUT2D eigenvalue weighted by molar-refractivity contribution is -0.130. The largest absolute Gasteiger partial charge is 0.366 e. The molecule has 2 aliphatic heterocycles. The molecule has 0 saturated carbocycles. The van der Waals surface area contributed by atoms with Gasteiger partial charge in [-0.05, 0) is 50.3 Å². The third kappa shape index (κ3) is 2.68. The summed E-state index contributed by atoms with van der Waals surface area (Å²) in [6.07, 6.45) is 3.30. The van der Waals surface area contributed by atoms with E-state index in [0.29, 0.717) is 42.1 Å². The number of halogens is 1. The molecule has 3 N–H and O–H groups in total. The Bertz CT molecular complexity index is 996. The van der Waals surface area contributed by atoms with Gasteiger partial charge in [-0.3, -0.25) is 9.59 Å². The van der Waals surface area contributed by atoms with Crippen LogP contribution in [0.2, 0.25) is 0 Å². The minimum Gasteiger partial charge on any atom is -0.366 e. The molecule has 1 aromatic carbocycles. The number of anilines is 1. The molecule has 2 amide bonds. The monoisotopic (exact) mass is 384 g/mol. The second-order valence-corrected chi connectivity index (χ2v) is 7.85. The number of primary amides is 1. The standard InChI is InChI=1S/C21H25FN4O2/c1-4-17(27)26-7-5-6-13-9-25(10-16(13)26)20-15(22)8-14(21(23)28)19-18(20)11(2)12(3)24-19/h4,8,13,16,24H,1,5-7,9-10H2,2-3H3,(H2,23,28). The summed E-state index contributed by atoms with van der Waals surface area (Å²) in [4.78, 5) is 31.2. The number of likely N-dealkylation sites (tertiary alicyclic amines) is 1. The molecular formula is C21H25FN4O2. The van der Waals surface area contributed by atoms with Crippen LogP contribution in [0.4, 0.5) is 10.1 Å². The number of benzene rings is 1. The van der Waals surface area contributed by atoms with Crippen LogP contribution in [0.15, 0.2) is 18.7 Å². The lowest BCUT2D eigenvalue weighted by Crippen LogP contribution is -2.47. The zero-order valence-electron chi connectivity index (χ0n) is 16.2. The lowest BCUT2D eigenvalue weighted by Gasteiger charge is -2.36. The average molecular weight is 384 g/mol. The van der Waals surface area contributed by atoms with E-state index < -0.39 is 11.7 Å². The van der Waals surface area contributed by atoms with Gasteiger partial charge in [-0.1, -0.05) is 6.58 Å². The summed E-state index contributed by atoms with van der Waals surface area (Å²) < 4.78 is 15.2. The molecule has 2 fully saturated rings. The van der Waals surface area contributed by atoms with Gasteiger partial charge in [-0.25, -0.2) is 4.39 Å². The number of piperidine rings is 1. The minimum absolute atomic E-state index is 0.0462. The Morgan fingerprint density at radius 2 is 2.11 bits per heavy atom. The van der Waals surface area contributed by atoms with E-state index in [0.717, 1.165) is 24.1 Å². The molecular weight excluding hydrogens is 359 g/mol. The van der Waals surface area contributed by atoms with Crippen LogP contribution in [0, 0.1) is 25.6 Å². The summed E-state index contributed by atoms with van der Waals surface area (Å²) in [6, 6.07) is 1.27. The van der Waals surface area contributed by atoms with Gasteiger partial charge in [0.2, 0.25) is 5.91 Å². The second kappa shape index (κ2) is 6.65. The zero-order chi connectivity index (χ0) is 20.2. The third-order valence-corrected chi connectivity index (χ3v) is 6.32. The first-order valence-corrected chi connectivity index (χ1v) is 9.62. The van der Waals surface area contributed by atoms with Crippen LogP contribution in [0.1, 0.15) is 34.5 Å². The van der Waals surface area contributed by atoms with E-state index >= 15 is 4.39 Å². The zero-order valence-corrected chi connectivity index (χ0v) is 16.2. The van der Waals surface area contributed by atoms with Gasteiger partial charge in [-0.15, -0.1) is 0 Å². The van der Waals surface area contributed by atoms with Crippen LogP contribution < -0.4 is 10.6 Å². The van der Waals surface area contributed by atoms with Crippen molar-refractivity contribution in [1.29, 1.82) is 0 Å². The number of nitrogens with two attached hydrogens (primary N) is 1. The maximum Gasteiger partial charge on any atom is 0.250 e. The highest BCUT2D eigenvalue weighted by Crippen LogP contribution is 2.40. The van der Waals surface area contributed by atoms with Crippen LogP contribution in [-0.2, 0) is 4.79 Å². The van der Waals surface area contributed by atoms with Gasteiger partial charge in [0, 0.05) is 30.7 Å². The Balaban J connectivity index is 1.81. The van der Waals surface area contributed by atoms with Gasteiger partial charge in [0.05, 0.1) is 22.8 Å². The van der Waals surface area contributed by atoms with Crippen LogP contribution in [0.3, 0.4) is 0 Å². The van der Waals surface area contributed by atoms with Gasteiger partial charge in [0.25, 0.3) is 5.91 Å². The summed E-state index contributed by atoms with van der Waals surface area (Å²) in [6.45, 7) is 9.38. The number of hydrogen-bond donors (Lipinski definition) is 2. The molecule has 0 spiro atoms. The SMILES string of the molecule is C=CC(=O)N1CCCC2CN(c3c(F)cc(C(N)=O)c4[nH]c(C)c(C)c34)CC21. The maximum absolute atomic E-state index is 15.2. The van der Waals surface area contributed by atoms with Gasteiger partial charge in [0.1, 0.15) is 5.82 Å². The van der Waals surface area contributed by atoms with Crippen molar-refractivity contribution in [3.8, 4) is 0 Å². The molecule has 7 heteroatoms. The summed E-state index contributed by atoms with van der Waals surface area (Å²) in [7, 11) is 0. The summed E-state index contributed by atoms with van der Waals surface area (Å²) in [5.41, 5.74) is 8.49. The van der Waals surface area contributed by atoms with E-state index in [2.05, 4.69) is 11.6 Å². The highest BCUT2D eigenvalue weighted by molar-refractivity contribution is 6.10.